The van der Waals surface area contributed by atoms with E-state index in [0.717, 1.165) is 30.0 Å². The smallest absolute Gasteiger partial charge is 0.429 e. The van der Waals surface area contributed by atoms with Crippen LogP contribution in [0.4, 0.5) is 35.1 Å². The van der Waals surface area contributed by atoms with Crippen molar-refractivity contribution in [3.63, 3.8) is 0 Å². The first-order valence-electron chi connectivity index (χ1n) is 13.8. The third-order valence-electron chi connectivity index (χ3n) is 7.87. The predicted molar refractivity (Wildman–Crippen MR) is 155 cm³/mol. The molecule has 45 heavy (non-hydrogen) atoms. The molecular formula is C36H22F8O. The molecule has 0 radical (unpaired) electrons. The van der Waals surface area contributed by atoms with Crippen molar-refractivity contribution in [3.8, 4) is 39.1 Å². The van der Waals surface area contributed by atoms with Crippen LogP contribution < -0.4 is 4.74 Å². The van der Waals surface area contributed by atoms with Gasteiger partial charge in [0.1, 0.15) is 28.8 Å². The van der Waals surface area contributed by atoms with Gasteiger partial charge in [0, 0.05) is 17.7 Å². The quantitative estimate of drug-likeness (QED) is 0.0997. The van der Waals surface area contributed by atoms with Gasteiger partial charge in [0.05, 0.1) is 0 Å². The molecule has 0 amide bonds. The van der Waals surface area contributed by atoms with Gasteiger partial charge >= 0.3 is 6.11 Å². The van der Waals surface area contributed by atoms with Gasteiger partial charge in [-0.15, -0.1) is 6.58 Å². The molecule has 1 aliphatic rings. The number of fused-ring (bicyclic) bond motifs is 1. The lowest BCUT2D eigenvalue weighted by Crippen LogP contribution is -2.25. The van der Waals surface area contributed by atoms with Crippen LogP contribution in [0, 0.1) is 40.8 Å². The third-order valence-corrected chi connectivity index (χ3v) is 7.87. The molecule has 6 rings (SSSR count). The highest BCUT2D eigenvalue weighted by Gasteiger charge is 2.41. The second-order valence-corrected chi connectivity index (χ2v) is 10.8. The number of halogens is 8. The lowest BCUT2D eigenvalue weighted by molar-refractivity contribution is -0.189. The van der Waals surface area contributed by atoms with Crippen LogP contribution in [0.3, 0.4) is 0 Å². The highest BCUT2D eigenvalue weighted by atomic mass is 19.3. The fourth-order valence-electron chi connectivity index (χ4n) is 5.58. The monoisotopic (exact) mass is 622 g/mol. The summed E-state index contributed by atoms with van der Waals surface area (Å²) in [7, 11) is 0. The molecule has 1 atom stereocenters. The van der Waals surface area contributed by atoms with Gasteiger partial charge in [0.25, 0.3) is 0 Å². The molecule has 1 unspecified atom stereocenters. The van der Waals surface area contributed by atoms with Crippen LogP contribution in [0.25, 0.3) is 33.4 Å². The average Bonchev–Trinajstić information content (AvgIpc) is 3.42. The van der Waals surface area contributed by atoms with Gasteiger partial charge < -0.3 is 4.74 Å². The molecule has 1 aliphatic carbocycles. The summed E-state index contributed by atoms with van der Waals surface area (Å²) in [5.41, 5.74) is 3.25. The molecule has 9 heteroatoms. The molecule has 0 aromatic heterocycles. The summed E-state index contributed by atoms with van der Waals surface area (Å²) in [6.45, 7) is 3.89. The summed E-state index contributed by atoms with van der Waals surface area (Å²) in [4.78, 5) is 0. The first kappa shape index (κ1) is 30.1. The van der Waals surface area contributed by atoms with E-state index in [1.807, 2.05) is 30.3 Å². The van der Waals surface area contributed by atoms with Crippen LogP contribution in [0.1, 0.15) is 16.7 Å². The summed E-state index contributed by atoms with van der Waals surface area (Å²) in [5.74, 6) is -10.9. The number of ether oxygens (including phenoxy) is 1. The zero-order chi connectivity index (χ0) is 32.0. The summed E-state index contributed by atoms with van der Waals surface area (Å²) >= 11 is 0. The van der Waals surface area contributed by atoms with Gasteiger partial charge in [-0.05, 0) is 75.9 Å². The Kier molecular flexibility index (Phi) is 7.72. The summed E-state index contributed by atoms with van der Waals surface area (Å²) in [6, 6.07) is 18.9. The number of allylic oxidation sites excluding steroid dienone is 1. The highest BCUT2D eigenvalue weighted by molar-refractivity contribution is 5.74. The fraction of sp³-hybridized carbons (Fsp3) is 0.111. The van der Waals surface area contributed by atoms with Crippen molar-refractivity contribution in [1.82, 2.24) is 0 Å². The Bertz CT molecular complexity index is 1900. The van der Waals surface area contributed by atoms with Crippen molar-refractivity contribution in [2.45, 2.75) is 19.0 Å². The zero-order valence-corrected chi connectivity index (χ0v) is 23.3. The molecule has 0 spiro atoms. The molecular weight excluding hydrogens is 600 g/mol. The second kappa shape index (κ2) is 11.5. The van der Waals surface area contributed by atoms with Gasteiger partial charge in [-0.3, -0.25) is 0 Å². The molecule has 0 saturated heterocycles. The molecule has 0 aliphatic heterocycles. The Morgan fingerprint density at radius 3 is 1.67 bits per heavy atom. The molecule has 0 bridgehead atoms. The summed E-state index contributed by atoms with van der Waals surface area (Å²) in [6.07, 6.45) is -0.861. The molecule has 228 valence electrons. The minimum Gasteiger partial charge on any atom is -0.429 e. The molecule has 1 nitrogen and oxygen atoms in total. The van der Waals surface area contributed by atoms with E-state index in [1.54, 1.807) is 0 Å². The van der Waals surface area contributed by atoms with Crippen molar-refractivity contribution in [2.75, 3.05) is 0 Å². The van der Waals surface area contributed by atoms with E-state index in [0.29, 0.717) is 29.2 Å². The zero-order valence-electron chi connectivity index (χ0n) is 23.3. The van der Waals surface area contributed by atoms with Gasteiger partial charge in [0.15, 0.2) is 17.5 Å². The van der Waals surface area contributed by atoms with Crippen molar-refractivity contribution >= 4 is 0 Å². The SMILES string of the molecule is C=CC1Cc2ccc(-c3ccc(-c4ccc(-c5cc(F)c(C(F)(F)Oc6cc(F)c(F)c(F)c6)c(F)c5)c(F)c4)cc3)cc2C1. The highest BCUT2D eigenvalue weighted by Crippen LogP contribution is 2.39. The largest absolute Gasteiger partial charge is 0.432 e. The van der Waals surface area contributed by atoms with Gasteiger partial charge in [0.2, 0.25) is 0 Å². The fourth-order valence-corrected chi connectivity index (χ4v) is 5.58. The molecule has 0 heterocycles. The minimum absolute atomic E-state index is 0.104. The van der Waals surface area contributed by atoms with Crippen LogP contribution in [0.2, 0.25) is 0 Å². The first-order chi connectivity index (χ1) is 21.4. The molecule has 0 saturated carbocycles. The van der Waals surface area contributed by atoms with Crippen LogP contribution in [0.15, 0.2) is 97.6 Å². The maximum Gasteiger partial charge on any atom is 0.432 e. The Morgan fingerprint density at radius 1 is 0.578 bits per heavy atom. The van der Waals surface area contributed by atoms with Crippen molar-refractivity contribution in [1.29, 1.82) is 0 Å². The molecule has 5 aromatic rings. The van der Waals surface area contributed by atoms with Crippen LogP contribution in [-0.4, -0.2) is 0 Å². The van der Waals surface area contributed by atoms with E-state index in [1.165, 1.54) is 23.3 Å². The van der Waals surface area contributed by atoms with E-state index >= 15 is 4.39 Å². The Morgan fingerprint density at radius 2 is 1.09 bits per heavy atom. The molecule has 0 N–H and O–H groups in total. The Labute approximate surface area is 253 Å². The van der Waals surface area contributed by atoms with Crippen molar-refractivity contribution in [3.05, 3.63) is 149 Å². The van der Waals surface area contributed by atoms with E-state index < -0.39 is 52.3 Å². The van der Waals surface area contributed by atoms with Gasteiger partial charge in [-0.1, -0.05) is 60.7 Å². The van der Waals surface area contributed by atoms with Gasteiger partial charge in [-0.2, -0.15) is 8.78 Å². The predicted octanol–water partition coefficient (Wildman–Crippen LogP) is 10.6. The third kappa shape index (κ3) is 5.82. The van der Waals surface area contributed by atoms with E-state index in [9.17, 15) is 30.7 Å². The Hall–Kier alpha value is -4.92. The van der Waals surface area contributed by atoms with Crippen molar-refractivity contribution < 1.29 is 39.9 Å². The first-order valence-corrected chi connectivity index (χ1v) is 13.8. The number of hydrogen-bond donors (Lipinski definition) is 0. The van der Waals surface area contributed by atoms with E-state index in [-0.39, 0.29) is 23.3 Å². The average molecular weight is 623 g/mol. The number of hydrogen-bond acceptors (Lipinski definition) is 1. The lowest BCUT2D eigenvalue weighted by Gasteiger charge is -2.20. The second-order valence-electron chi connectivity index (χ2n) is 10.8. The van der Waals surface area contributed by atoms with E-state index in [2.05, 4.69) is 29.5 Å². The molecule has 5 aromatic carbocycles. The minimum atomic E-state index is -4.76. The number of rotatable bonds is 7. The number of benzene rings is 5. The van der Waals surface area contributed by atoms with Crippen LogP contribution in [0.5, 0.6) is 5.75 Å². The van der Waals surface area contributed by atoms with Gasteiger partial charge in [-0.25, -0.2) is 26.3 Å². The molecule has 0 fully saturated rings. The number of alkyl halides is 2. The lowest BCUT2D eigenvalue weighted by atomic mass is 9.96. The van der Waals surface area contributed by atoms with Crippen molar-refractivity contribution in [2.24, 2.45) is 5.92 Å². The Balaban J connectivity index is 1.23. The van der Waals surface area contributed by atoms with Crippen LogP contribution >= 0.6 is 0 Å². The summed E-state index contributed by atoms with van der Waals surface area (Å²) in [5, 5.41) is 0. The summed E-state index contributed by atoms with van der Waals surface area (Å²) < 4.78 is 118. The standard InChI is InChI=1S/C36H22F8O/c1-2-19-11-22-7-8-23(13-25(22)12-19)20-3-5-21(6-4-20)24-9-10-28(29(37)14-24)26-15-30(38)34(31(39)16-26)36(43,44)45-27-17-32(40)35(42)33(41)18-27/h2-10,13-19H,1,11-12H2. The maximum absolute atomic E-state index is 15.2. The van der Waals surface area contributed by atoms with Crippen LogP contribution in [-0.2, 0) is 19.0 Å². The topological polar surface area (TPSA) is 9.23 Å². The maximum atomic E-state index is 15.2. The normalized spacial score (nSPS) is 14.4. The van der Waals surface area contributed by atoms with E-state index in [4.69, 9.17) is 0 Å².